The standard InChI is InChI=1S/C16H20NOS2/c1-2-3-4-5-10-17(13-14-8-6-11-19-14)16(18)15-9-7-12-20-15/h6-9,11-12H,1-5,10,13H2. The van der Waals surface area contributed by atoms with E-state index in [1.165, 1.54) is 16.2 Å². The zero-order valence-corrected chi connectivity index (χ0v) is 13.2. The normalized spacial score (nSPS) is 10.7. The Labute approximate surface area is 129 Å². The van der Waals surface area contributed by atoms with Crippen LogP contribution in [0.1, 0.15) is 40.2 Å². The van der Waals surface area contributed by atoms with Crippen molar-refractivity contribution in [1.29, 1.82) is 0 Å². The van der Waals surface area contributed by atoms with E-state index < -0.39 is 0 Å². The number of carbonyl (C=O) groups is 1. The molecule has 0 aliphatic carbocycles. The molecule has 0 fully saturated rings. The third-order valence-corrected chi connectivity index (χ3v) is 4.84. The SMILES string of the molecule is [CH2]CCCCCN(Cc1cccs1)C(=O)c1cccs1. The van der Waals surface area contributed by atoms with Gasteiger partial charge in [0, 0.05) is 11.4 Å². The Morgan fingerprint density at radius 3 is 2.55 bits per heavy atom. The van der Waals surface area contributed by atoms with Crippen molar-refractivity contribution in [3.05, 3.63) is 51.7 Å². The summed E-state index contributed by atoms with van der Waals surface area (Å²) in [5.74, 6) is 0.156. The van der Waals surface area contributed by atoms with Gasteiger partial charge in [0.2, 0.25) is 0 Å². The van der Waals surface area contributed by atoms with Gasteiger partial charge >= 0.3 is 0 Å². The molecule has 1 radical (unpaired) electrons. The average Bonchev–Trinajstić information content (AvgIpc) is 3.14. The fourth-order valence-corrected chi connectivity index (χ4v) is 3.47. The quantitative estimate of drug-likeness (QED) is 0.639. The molecule has 1 amide bonds. The molecule has 0 N–H and O–H groups in total. The van der Waals surface area contributed by atoms with Crippen molar-refractivity contribution in [1.82, 2.24) is 4.90 Å². The van der Waals surface area contributed by atoms with E-state index in [2.05, 4.69) is 18.4 Å². The molecule has 0 aliphatic rings. The predicted octanol–water partition coefficient (Wildman–Crippen LogP) is 4.85. The van der Waals surface area contributed by atoms with Gasteiger partial charge in [-0.2, -0.15) is 0 Å². The van der Waals surface area contributed by atoms with Gasteiger partial charge in [-0.15, -0.1) is 22.7 Å². The summed E-state index contributed by atoms with van der Waals surface area (Å²) in [5, 5.41) is 4.02. The lowest BCUT2D eigenvalue weighted by Crippen LogP contribution is -2.30. The number of hydrogen-bond donors (Lipinski definition) is 0. The van der Waals surface area contributed by atoms with Crippen LogP contribution < -0.4 is 0 Å². The number of unbranched alkanes of at least 4 members (excludes halogenated alkanes) is 3. The highest BCUT2D eigenvalue weighted by atomic mass is 32.1. The van der Waals surface area contributed by atoms with Crippen molar-refractivity contribution in [2.24, 2.45) is 0 Å². The molecule has 2 nitrogen and oxygen atoms in total. The first-order valence-electron chi connectivity index (χ1n) is 6.95. The molecule has 2 heterocycles. The Morgan fingerprint density at radius 2 is 1.90 bits per heavy atom. The highest BCUT2D eigenvalue weighted by molar-refractivity contribution is 7.12. The largest absolute Gasteiger partial charge is 0.333 e. The molecule has 0 saturated heterocycles. The minimum atomic E-state index is 0.156. The van der Waals surface area contributed by atoms with Crippen LogP contribution in [0.15, 0.2) is 35.0 Å². The first kappa shape index (κ1) is 15.3. The zero-order valence-electron chi connectivity index (χ0n) is 11.6. The first-order chi connectivity index (χ1) is 9.81. The van der Waals surface area contributed by atoms with Gasteiger partial charge in [-0.05, 0) is 29.3 Å². The summed E-state index contributed by atoms with van der Waals surface area (Å²) >= 11 is 3.23. The van der Waals surface area contributed by atoms with Crippen molar-refractivity contribution in [3.8, 4) is 0 Å². The van der Waals surface area contributed by atoms with Crippen LogP contribution in [0.2, 0.25) is 0 Å². The van der Waals surface area contributed by atoms with Crippen LogP contribution in [0.25, 0.3) is 0 Å². The molecule has 107 valence electrons. The van der Waals surface area contributed by atoms with E-state index in [-0.39, 0.29) is 5.91 Å². The summed E-state index contributed by atoms with van der Waals surface area (Å²) in [4.78, 5) is 16.6. The lowest BCUT2D eigenvalue weighted by molar-refractivity contribution is 0.0746. The van der Waals surface area contributed by atoms with Crippen LogP contribution in [0.3, 0.4) is 0 Å². The van der Waals surface area contributed by atoms with Gasteiger partial charge in [0.05, 0.1) is 11.4 Å². The molecule has 0 saturated carbocycles. The molecule has 2 aromatic heterocycles. The molecule has 0 unspecified atom stereocenters. The van der Waals surface area contributed by atoms with Gasteiger partial charge < -0.3 is 4.90 Å². The number of carbonyl (C=O) groups excluding carboxylic acids is 1. The van der Waals surface area contributed by atoms with Crippen LogP contribution in [0.4, 0.5) is 0 Å². The van der Waals surface area contributed by atoms with Crippen molar-refractivity contribution in [3.63, 3.8) is 0 Å². The molecule has 4 heteroatoms. The van der Waals surface area contributed by atoms with E-state index in [1.807, 2.05) is 28.5 Å². The van der Waals surface area contributed by atoms with E-state index in [4.69, 9.17) is 0 Å². The monoisotopic (exact) mass is 306 g/mol. The second-order valence-electron chi connectivity index (χ2n) is 4.70. The van der Waals surface area contributed by atoms with Gasteiger partial charge in [0.15, 0.2) is 0 Å². The maximum atomic E-state index is 12.5. The van der Waals surface area contributed by atoms with Crippen molar-refractivity contribution >= 4 is 28.6 Å². The van der Waals surface area contributed by atoms with E-state index in [0.717, 1.165) is 43.6 Å². The second kappa shape index (κ2) is 8.22. The molecular formula is C16H20NOS2. The fourth-order valence-electron chi connectivity index (χ4n) is 2.06. The van der Waals surface area contributed by atoms with Crippen LogP contribution in [-0.2, 0) is 6.54 Å². The van der Waals surface area contributed by atoms with E-state index in [1.54, 1.807) is 11.3 Å². The van der Waals surface area contributed by atoms with Gasteiger partial charge in [0.25, 0.3) is 5.91 Å². The van der Waals surface area contributed by atoms with E-state index in [0.29, 0.717) is 0 Å². The number of amides is 1. The third kappa shape index (κ3) is 4.46. The Hall–Kier alpha value is -1.13. The maximum Gasteiger partial charge on any atom is 0.264 e. The summed E-state index contributed by atoms with van der Waals surface area (Å²) in [6, 6.07) is 7.97. The summed E-state index contributed by atoms with van der Waals surface area (Å²) in [6.45, 7) is 5.41. The highest BCUT2D eigenvalue weighted by Crippen LogP contribution is 2.18. The molecule has 0 bridgehead atoms. The Balaban J connectivity index is 1.97. The maximum absolute atomic E-state index is 12.5. The topological polar surface area (TPSA) is 20.3 Å². The summed E-state index contributed by atoms with van der Waals surface area (Å²) < 4.78 is 0. The second-order valence-corrected chi connectivity index (χ2v) is 6.68. The van der Waals surface area contributed by atoms with E-state index in [9.17, 15) is 4.79 Å². The van der Waals surface area contributed by atoms with Crippen LogP contribution in [0, 0.1) is 6.92 Å². The molecular weight excluding hydrogens is 286 g/mol. The predicted molar refractivity (Wildman–Crippen MR) is 87.2 cm³/mol. The minimum absolute atomic E-state index is 0.156. The lowest BCUT2D eigenvalue weighted by atomic mass is 10.2. The van der Waals surface area contributed by atoms with Crippen molar-refractivity contribution in [2.45, 2.75) is 32.2 Å². The third-order valence-electron chi connectivity index (χ3n) is 3.12. The molecule has 0 aromatic carbocycles. The molecule has 0 atom stereocenters. The van der Waals surface area contributed by atoms with Crippen molar-refractivity contribution < 1.29 is 4.79 Å². The van der Waals surface area contributed by atoms with Gasteiger partial charge in [0.1, 0.15) is 0 Å². The van der Waals surface area contributed by atoms with Crippen LogP contribution in [0.5, 0.6) is 0 Å². The minimum Gasteiger partial charge on any atom is -0.333 e. The molecule has 20 heavy (non-hydrogen) atoms. The number of rotatable bonds is 8. The van der Waals surface area contributed by atoms with E-state index >= 15 is 0 Å². The lowest BCUT2D eigenvalue weighted by Gasteiger charge is -2.21. The number of nitrogens with zero attached hydrogens (tertiary/aromatic N) is 1. The Morgan fingerprint density at radius 1 is 1.10 bits per heavy atom. The molecule has 0 aliphatic heterocycles. The summed E-state index contributed by atoms with van der Waals surface area (Å²) in [6.07, 6.45) is 4.31. The Kier molecular flexibility index (Phi) is 6.27. The van der Waals surface area contributed by atoms with Gasteiger partial charge in [-0.1, -0.05) is 38.3 Å². The molecule has 2 rings (SSSR count). The number of hydrogen-bond acceptors (Lipinski definition) is 3. The molecule has 0 spiro atoms. The molecule has 2 aromatic rings. The highest BCUT2D eigenvalue weighted by Gasteiger charge is 2.16. The summed E-state index contributed by atoms with van der Waals surface area (Å²) in [5.41, 5.74) is 0. The first-order valence-corrected chi connectivity index (χ1v) is 8.71. The van der Waals surface area contributed by atoms with Crippen molar-refractivity contribution in [2.75, 3.05) is 6.54 Å². The van der Waals surface area contributed by atoms with Gasteiger partial charge in [-0.25, -0.2) is 0 Å². The zero-order chi connectivity index (χ0) is 14.2. The van der Waals surface area contributed by atoms with Crippen LogP contribution >= 0.6 is 22.7 Å². The smallest absolute Gasteiger partial charge is 0.264 e. The summed E-state index contributed by atoms with van der Waals surface area (Å²) in [7, 11) is 0. The fraction of sp³-hybridized carbons (Fsp3) is 0.375. The van der Waals surface area contributed by atoms with Gasteiger partial charge in [-0.3, -0.25) is 4.79 Å². The average molecular weight is 306 g/mol. The number of thiophene rings is 2. The van der Waals surface area contributed by atoms with Crippen LogP contribution in [-0.4, -0.2) is 17.4 Å². The Bertz CT molecular complexity index is 491.